The van der Waals surface area contributed by atoms with Gasteiger partial charge in [-0.1, -0.05) is 30.7 Å². The molecule has 0 heterocycles. The van der Waals surface area contributed by atoms with E-state index in [1.54, 1.807) is 24.3 Å². The summed E-state index contributed by atoms with van der Waals surface area (Å²) < 4.78 is 10.8. The van der Waals surface area contributed by atoms with Crippen molar-refractivity contribution < 1.29 is 14.3 Å². The Morgan fingerprint density at radius 2 is 2.05 bits per heavy atom. The molecule has 2 rings (SSSR count). The van der Waals surface area contributed by atoms with E-state index in [-0.39, 0.29) is 5.97 Å². The van der Waals surface area contributed by atoms with Gasteiger partial charge >= 0.3 is 5.97 Å². The third-order valence-corrected chi connectivity index (χ3v) is 3.21. The van der Waals surface area contributed by atoms with E-state index in [9.17, 15) is 4.79 Å². The highest BCUT2D eigenvalue weighted by molar-refractivity contribution is 6.30. The lowest BCUT2D eigenvalue weighted by Gasteiger charge is -2.11. The van der Waals surface area contributed by atoms with Crippen LogP contribution >= 0.6 is 11.6 Å². The Morgan fingerprint density at radius 1 is 1.23 bits per heavy atom. The van der Waals surface area contributed by atoms with Crippen LogP contribution in [0.1, 0.15) is 29.3 Å². The normalized spacial score (nSPS) is 10.3. The zero-order valence-corrected chi connectivity index (χ0v) is 13.1. The maximum atomic E-state index is 11.8. The fourth-order valence-electron chi connectivity index (χ4n) is 1.85. The number of carbonyl (C=O) groups is 1. The van der Waals surface area contributed by atoms with Crippen LogP contribution in [0.4, 0.5) is 5.69 Å². The van der Waals surface area contributed by atoms with Crippen molar-refractivity contribution in [2.75, 3.05) is 12.3 Å². The topological polar surface area (TPSA) is 61.5 Å². The van der Waals surface area contributed by atoms with E-state index >= 15 is 0 Å². The molecule has 0 aliphatic rings. The van der Waals surface area contributed by atoms with E-state index in [1.165, 1.54) is 0 Å². The molecule has 116 valence electrons. The Balaban J connectivity index is 2.08. The van der Waals surface area contributed by atoms with Gasteiger partial charge in [-0.05, 0) is 42.3 Å². The van der Waals surface area contributed by atoms with Crippen LogP contribution in [0.15, 0.2) is 42.5 Å². The van der Waals surface area contributed by atoms with Crippen molar-refractivity contribution in [1.82, 2.24) is 0 Å². The lowest BCUT2D eigenvalue weighted by atomic mass is 10.2. The molecule has 0 aliphatic heterocycles. The summed E-state index contributed by atoms with van der Waals surface area (Å²) >= 11 is 5.93. The minimum Gasteiger partial charge on any atom is -0.487 e. The number of hydrogen-bond acceptors (Lipinski definition) is 4. The Hall–Kier alpha value is -2.20. The molecule has 2 aromatic carbocycles. The van der Waals surface area contributed by atoms with Crippen molar-refractivity contribution >= 4 is 23.3 Å². The van der Waals surface area contributed by atoms with E-state index in [0.717, 1.165) is 12.0 Å². The molecule has 0 fully saturated rings. The van der Waals surface area contributed by atoms with Gasteiger partial charge in [0.05, 0.1) is 17.9 Å². The zero-order chi connectivity index (χ0) is 15.9. The van der Waals surface area contributed by atoms with Crippen LogP contribution in [-0.4, -0.2) is 12.6 Å². The van der Waals surface area contributed by atoms with Gasteiger partial charge in [0.1, 0.15) is 12.4 Å². The predicted octanol–water partition coefficient (Wildman–Crippen LogP) is 4.07. The van der Waals surface area contributed by atoms with Crippen LogP contribution in [0, 0.1) is 0 Å². The first kappa shape index (κ1) is 16.2. The molecule has 4 nitrogen and oxygen atoms in total. The van der Waals surface area contributed by atoms with Crippen LogP contribution in [0.5, 0.6) is 5.75 Å². The van der Waals surface area contributed by atoms with Gasteiger partial charge in [0.25, 0.3) is 0 Å². The van der Waals surface area contributed by atoms with Crippen LogP contribution in [0.25, 0.3) is 0 Å². The van der Waals surface area contributed by atoms with Crippen LogP contribution in [0.3, 0.4) is 0 Å². The summed E-state index contributed by atoms with van der Waals surface area (Å²) in [4.78, 5) is 11.8. The lowest BCUT2D eigenvalue weighted by molar-refractivity contribution is 0.0504. The van der Waals surface area contributed by atoms with Gasteiger partial charge in [-0.25, -0.2) is 4.79 Å². The summed E-state index contributed by atoms with van der Waals surface area (Å²) in [5.74, 6) is 0.0698. The number of halogens is 1. The first-order valence-electron chi connectivity index (χ1n) is 7.04. The van der Waals surface area contributed by atoms with Crippen LogP contribution in [-0.2, 0) is 11.3 Å². The smallest absolute Gasteiger partial charge is 0.338 e. The first-order chi connectivity index (χ1) is 10.6. The Bertz CT molecular complexity index is 658. The highest BCUT2D eigenvalue weighted by Gasteiger charge is 2.10. The summed E-state index contributed by atoms with van der Waals surface area (Å²) in [6, 6.07) is 12.2. The fraction of sp³-hybridized carbons (Fsp3) is 0.235. The molecule has 2 aromatic rings. The average molecular weight is 320 g/mol. The molecule has 0 saturated heterocycles. The molecule has 0 bridgehead atoms. The number of nitrogen functional groups attached to an aromatic ring is 1. The van der Waals surface area contributed by atoms with Gasteiger partial charge in [0.2, 0.25) is 0 Å². The van der Waals surface area contributed by atoms with Crippen molar-refractivity contribution in [2.24, 2.45) is 0 Å². The molecule has 0 atom stereocenters. The quantitative estimate of drug-likeness (QED) is 0.644. The molecule has 0 amide bonds. The van der Waals surface area contributed by atoms with Crippen molar-refractivity contribution in [2.45, 2.75) is 20.0 Å². The van der Waals surface area contributed by atoms with Gasteiger partial charge in [-0.3, -0.25) is 0 Å². The Kier molecular flexibility index (Phi) is 5.67. The Labute approximate surface area is 134 Å². The molecule has 2 N–H and O–H groups in total. The van der Waals surface area contributed by atoms with E-state index in [1.807, 2.05) is 25.1 Å². The molecular weight excluding hydrogens is 302 g/mol. The molecule has 22 heavy (non-hydrogen) atoms. The minimum absolute atomic E-state index is 0.318. The highest BCUT2D eigenvalue weighted by atomic mass is 35.5. The summed E-state index contributed by atoms with van der Waals surface area (Å²) in [5, 5.41) is 0.644. The molecule has 0 aromatic heterocycles. The third kappa shape index (κ3) is 4.40. The van der Waals surface area contributed by atoms with Gasteiger partial charge in [-0.2, -0.15) is 0 Å². The molecule has 0 saturated carbocycles. The standard InChI is InChI=1S/C17H18ClNO3/c1-2-8-21-17(20)13-6-7-15(19)16(10-13)22-11-12-4-3-5-14(18)9-12/h3-7,9-10H,2,8,11,19H2,1H3. The zero-order valence-electron chi connectivity index (χ0n) is 12.3. The molecule has 0 aliphatic carbocycles. The summed E-state index contributed by atoms with van der Waals surface area (Å²) in [6.07, 6.45) is 0.777. The number of ether oxygens (including phenoxy) is 2. The van der Waals surface area contributed by atoms with Gasteiger partial charge in [0, 0.05) is 5.02 Å². The van der Waals surface area contributed by atoms with E-state index in [0.29, 0.717) is 35.2 Å². The molecular formula is C17H18ClNO3. The average Bonchev–Trinajstić information content (AvgIpc) is 2.52. The van der Waals surface area contributed by atoms with Crippen molar-refractivity contribution in [3.8, 4) is 5.75 Å². The van der Waals surface area contributed by atoms with E-state index in [2.05, 4.69) is 0 Å². The van der Waals surface area contributed by atoms with E-state index in [4.69, 9.17) is 26.8 Å². The van der Waals surface area contributed by atoms with Gasteiger partial charge in [-0.15, -0.1) is 0 Å². The Morgan fingerprint density at radius 3 is 2.77 bits per heavy atom. The third-order valence-electron chi connectivity index (χ3n) is 2.97. The lowest BCUT2D eigenvalue weighted by Crippen LogP contribution is -2.07. The number of esters is 1. The number of benzene rings is 2. The highest BCUT2D eigenvalue weighted by Crippen LogP contribution is 2.24. The monoisotopic (exact) mass is 319 g/mol. The number of anilines is 1. The van der Waals surface area contributed by atoms with Crippen molar-refractivity contribution in [1.29, 1.82) is 0 Å². The summed E-state index contributed by atoms with van der Waals surface area (Å²) in [6.45, 7) is 2.65. The molecule has 5 heteroatoms. The van der Waals surface area contributed by atoms with Crippen LogP contribution < -0.4 is 10.5 Å². The van der Waals surface area contributed by atoms with Gasteiger partial charge < -0.3 is 15.2 Å². The van der Waals surface area contributed by atoms with Crippen molar-refractivity contribution in [3.05, 3.63) is 58.6 Å². The number of carbonyl (C=O) groups excluding carboxylic acids is 1. The summed E-state index contributed by atoms with van der Waals surface area (Å²) in [5.41, 5.74) is 7.69. The second kappa shape index (κ2) is 7.71. The SMILES string of the molecule is CCCOC(=O)c1ccc(N)c(OCc2cccc(Cl)c2)c1. The maximum absolute atomic E-state index is 11.8. The molecule has 0 radical (unpaired) electrons. The van der Waals surface area contributed by atoms with E-state index < -0.39 is 0 Å². The molecule has 0 spiro atoms. The predicted molar refractivity (Wildman–Crippen MR) is 87.2 cm³/mol. The first-order valence-corrected chi connectivity index (χ1v) is 7.42. The second-order valence-electron chi connectivity index (χ2n) is 4.81. The van der Waals surface area contributed by atoms with Crippen LogP contribution in [0.2, 0.25) is 5.02 Å². The number of hydrogen-bond donors (Lipinski definition) is 1. The fourth-order valence-corrected chi connectivity index (χ4v) is 2.07. The van der Waals surface area contributed by atoms with Gasteiger partial charge in [0.15, 0.2) is 0 Å². The summed E-state index contributed by atoms with van der Waals surface area (Å²) in [7, 11) is 0. The molecule has 0 unspecified atom stereocenters. The minimum atomic E-state index is -0.380. The second-order valence-corrected chi connectivity index (χ2v) is 5.24. The number of rotatable bonds is 6. The maximum Gasteiger partial charge on any atom is 0.338 e. The number of nitrogens with two attached hydrogens (primary N) is 1. The largest absolute Gasteiger partial charge is 0.487 e. The van der Waals surface area contributed by atoms with Crippen molar-refractivity contribution in [3.63, 3.8) is 0 Å².